The second kappa shape index (κ2) is 7.23. The smallest absolute Gasteiger partial charge is 0.256 e. The predicted molar refractivity (Wildman–Crippen MR) is 88.1 cm³/mol. The third-order valence-electron chi connectivity index (χ3n) is 3.48. The number of carbonyl (C=O) groups excluding carboxylic acids is 1. The largest absolute Gasteiger partial charge is 0.348 e. The number of halogens is 2. The molecule has 1 amide bonds. The molecule has 0 spiro atoms. The summed E-state index contributed by atoms with van der Waals surface area (Å²) >= 11 is 5.88. The Morgan fingerprint density at radius 3 is 2.58 bits per heavy atom. The Bertz CT molecular complexity index is 814. The molecule has 2 aromatic carbocycles. The maximum atomic E-state index is 13.7. The highest BCUT2D eigenvalue weighted by molar-refractivity contribution is 6.33. The number of benzene rings is 2. The summed E-state index contributed by atoms with van der Waals surface area (Å²) < 4.78 is 15.4. The van der Waals surface area contributed by atoms with Crippen LogP contribution in [0.25, 0.3) is 0 Å². The predicted octanol–water partition coefficient (Wildman–Crippen LogP) is 3.05. The van der Waals surface area contributed by atoms with Gasteiger partial charge in [-0.15, -0.1) is 0 Å². The zero-order chi connectivity index (χ0) is 16.9. The van der Waals surface area contributed by atoms with E-state index in [2.05, 4.69) is 15.4 Å². The fraction of sp³-hybridized carbons (Fsp3) is 0.118. The van der Waals surface area contributed by atoms with Crippen molar-refractivity contribution in [3.05, 3.63) is 82.6 Å². The first-order valence-electron chi connectivity index (χ1n) is 7.26. The van der Waals surface area contributed by atoms with Gasteiger partial charge in [0.1, 0.15) is 18.5 Å². The molecule has 0 saturated heterocycles. The molecule has 0 bridgehead atoms. The zero-order valence-electron chi connectivity index (χ0n) is 12.6. The molecule has 7 heteroatoms. The summed E-state index contributed by atoms with van der Waals surface area (Å²) in [7, 11) is 0. The van der Waals surface area contributed by atoms with Crippen LogP contribution in [0.4, 0.5) is 4.39 Å². The van der Waals surface area contributed by atoms with Gasteiger partial charge in [-0.05, 0) is 23.3 Å². The van der Waals surface area contributed by atoms with Gasteiger partial charge in [-0.25, -0.2) is 14.1 Å². The van der Waals surface area contributed by atoms with Gasteiger partial charge in [-0.3, -0.25) is 4.79 Å². The number of carbonyl (C=O) groups is 1. The molecular weight excluding hydrogens is 331 g/mol. The average Bonchev–Trinajstić information content (AvgIpc) is 3.07. The van der Waals surface area contributed by atoms with Gasteiger partial charge in [-0.2, -0.15) is 5.10 Å². The van der Waals surface area contributed by atoms with Crippen molar-refractivity contribution < 1.29 is 9.18 Å². The second-order valence-corrected chi connectivity index (χ2v) is 5.60. The van der Waals surface area contributed by atoms with E-state index in [1.165, 1.54) is 24.5 Å². The molecule has 0 aliphatic carbocycles. The molecule has 1 aromatic heterocycles. The van der Waals surface area contributed by atoms with Crippen LogP contribution >= 0.6 is 11.6 Å². The molecular formula is C17H14ClFN4O. The van der Waals surface area contributed by atoms with Gasteiger partial charge >= 0.3 is 0 Å². The SMILES string of the molecule is O=C(NCc1ccc(Cn2cncn2)cc1)c1c(F)cccc1Cl. The lowest BCUT2D eigenvalue weighted by molar-refractivity contribution is 0.0947. The number of nitrogens with one attached hydrogen (secondary N) is 1. The van der Waals surface area contributed by atoms with Crippen LogP contribution in [0.3, 0.4) is 0 Å². The van der Waals surface area contributed by atoms with Crippen molar-refractivity contribution in [1.29, 1.82) is 0 Å². The van der Waals surface area contributed by atoms with E-state index >= 15 is 0 Å². The molecule has 3 aromatic rings. The van der Waals surface area contributed by atoms with Crippen LogP contribution in [0.15, 0.2) is 55.1 Å². The van der Waals surface area contributed by atoms with Crippen LogP contribution in [0.2, 0.25) is 5.02 Å². The molecule has 3 rings (SSSR count). The Morgan fingerprint density at radius 2 is 1.92 bits per heavy atom. The number of hydrogen-bond donors (Lipinski definition) is 1. The monoisotopic (exact) mass is 344 g/mol. The molecule has 1 heterocycles. The molecule has 122 valence electrons. The van der Waals surface area contributed by atoms with Crippen molar-refractivity contribution in [2.24, 2.45) is 0 Å². The van der Waals surface area contributed by atoms with Gasteiger partial charge in [0.15, 0.2) is 0 Å². The highest BCUT2D eigenvalue weighted by Gasteiger charge is 2.15. The normalized spacial score (nSPS) is 10.6. The molecule has 0 aliphatic rings. The van der Waals surface area contributed by atoms with E-state index in [0.29, 0.717) is 6.54 Å². The minimum absolute atomic E-state index is 0.0932. The summed E-state index contributed by atoms with van der Waals surface area (Å²) in [5.41, 5.74) is 1.83. The Kier molecular flexibility index (Phi) is 4.86. The van der Waals surface area contributed by atoms with Gasteiger partial charge in [0.2, 0.25) is 0 Å². The van der Waals surface area contributed by atoms with E-state index in [4.69, 9.17) is 11.6 Å². The maximum absolute atomic E-state index is 13.7. The molecule has 0 atom stereocenters. The molecule has 5 nitrogen and oxygen atoms in total. The fourth-order valence-corrected chi connectivity index (χ4v) is 2.50. The first-order chi connectivity index (χ1) is 11.6. The quantitative estimate of drug-likeness (QED) is 0.774. The standard InChI is InChI=1S/C17H14ClFN4O/c18-14-2-1-3-15(19)16(14)17(24)21-8-12-4-6-13(7-5-12)9-23-11-20-10-22-23/h1-7,10-11H,8-9H2,(H,21,24). The lowest BCUT2D eigenvalue weighted by Crippen LogP contribution is -2.24. The van der Waals surface area contributed by atoms with Crippen molar-refractivity contribution in [1.82, 2.24) is 20.1 Å². The fourth-order valence-electron chi connectivity index (χ4n) is 2.25. The maximum Gasteiger partial charge on any atom is 0.256 e. The van der Waals surface area contributed by atoms with Crippen molar-refractivity contribution in [2.75, 3.05) is 0 Å². The molecule has 24 heavy (non-hydrogen) atoms. The molecule has 0 unspecified atom stereocenters. The zero-order valence-corrected chi connectivity index (χ0v) is 13.4. The van der Waals surface area contributed by atoms with Crippen LogP contribution < -0.4 is 5.32 Å². The van der Waals surface area contributed by atoms with Crippen LogP contribution in [-0.4, -0.2) is 20.7 Å². The van der Waals surface area contributed by atoms with Gasteiger partial charge < -0.3 is 5.32 Å². The minimum atomic E-state index is -0.636. The van der Waals surface area contributed by atoms with Crippen molar-refractivity contribution >= 4 is 17.5 Å². The number of aromatic nitrogens is 3. The highest BCUT2D eigenvalue weighted by Crippen LogP contribution is 2.18. The number of amides is 1. The van der Waals surface area contributed by atoms with E-state index < -0.39 is 11.7 Å². The Balaban J connectivity index is 1.61. The Labute approximate surface area is 143 Å². The molecule has 0 saturated carbocycles. The van der Waals surface area contributed by atoms with E-state index in [-0.39, 0.29) is 17.1 Å². The third-order valence-corrected chi connectivity index (χ3v) is 3.79. The van der Waals surface area contributed by atoms with Crippen molar-refractivity contribution in [2.45, 2.75) is 13.1 Å². The number of rotatable bonds is 5. The van der Waals surface area contributed by atoms with E-state index in [9.17, 15) is 9.18 Å². The van der Waals surface area contributed by atoms with Crippen LogP contribution in [0.1, 0.15) is 21.5 Å². The molecule has 0 aliphatic heterocycles. The molecule has 0 fully saturated rings. The first kappa shape index (κ1) is 16.1. The number of hydrogen-bond acceptors (Lipinski definition) is 3. The topological polar surface area (TPSA) is 59.8 Å². The van der Waals surface area contributed by atoms with Gasteiger partial charge in [0.25, 0.3) is 5.91 Å². The second-order valence-electron chi connectivity index (χ2n) is 5.19. The summed E-state index contributed by atoms with van der Waals surface area (Å²) in [5, 5.41) is 6.81. The number of nitrogens with zero attached hydrogens (tertiary/aromatic N) is 3. The summed E-state index contributed by atoms with van der Waals surface area (Å²) in [4.78, 5) is 16.0. The van der Waals surface area contributed by atoms with Crippen molar-refractivity contribution in [3.63, 3.8) is 0 Å². The minimum Gasteiger partial charge on any atom is -0.348 e. The molecule has 1 N–H and O–H groups in total. The van der Waals surface area contributed by atoms with Gasteiger partial charge in [0, 0.05) is 6.54 Å². The highest BCUT2D eigenvalue weighted by atomic mass is 35.5. The van der Waals surface area contributed by atoms with Crippen LogP contribution in [0, 0.1) is 5.82 Å². The molecule has 0 radical (unpaired) electrons. The first-order valence-corrected chi connectivity index (χ1v) is 7.64. The summed E-state index contributed by atoms with van der Waals surface area (Å²) in [6.45, 7) is 0.907. The van der Waals surface area contributed by atoms with Crippen molar-refractivity contribution in [3.8, 4) is 0 Å². The average molecular weight is 345 g/mol. The van der Waals surface area contributed by atoms with Crippen LogP contribution in [-0.2, 0) is 13.1 Å². The Morgan fingerprint density at radius 1 is 1.17 bits per heavy atom. The third kappa shape index (κ3) is 3.78. The van der Waals surface area contributed by atoms with Crippen LogP contribution in [0.5, 0.6) is 0 Å². The summed E-state index contributed by atoms with van der Waals surface area (Å²) in [6, 6.07) is 11.8. The van der Waals surface area contributed by atoms with Gasteiger partial charge in [-0.1, -0.05) is 41.9 Å². The van der Waals surface area contributed by atoms with E-state index in [1.807, 2.05) is 24.3 Å². The van der Waals surface area contributed by atoms with E-state index in [0.717, 1.165) is 11.1 Å². The summed E-state index contributed by atoms with van der Waals surface area (Å²) in [6.07, 6.45) is 3.13. The Hall–Kier alpha value is -2.73. The van der Waals surface area contributed by atoms with E-state index in [1.54, 1.807) is 11.0 Å². The van der Waals surface area contributed by atoms with Gasteiger partial charge in [0.05, 0.1) is 17.1 Å². The summed E-state index contributed by atoms with van der Waals surface area (Å²) in [5.74, 6) is -1.17. The lowest BCUT2D eigenvalue weighted by atomic mass is 10.1. The lowest BCUT2D eigenvalue weighted by Gasteiger charge is -2.08.